The second kappa shape index (κ2) is 9.64. The highest BCUT2D eigenvalue weighted by Crippen LogP contribution is 2.28. The number of ether oxygens (including phenoxy) is 1. The van der Waals surface area contributed by atoms with Crippen LogP contribution in [0.25, 0.3) is 0 Å². The highest BCUT2D eigenvalue weighted by Gasteiger charge is 2.21. The van der Waals surface area contributed by atoms with E-state index in [1.807, 2.05) is 45.2 Å². The van der Waals surface area contributed by atoms with Crippen LogP contribution in [-0.2, 0) is 4.74 Å². The number of aliphatic hydroxyl groups excluding tert-OH is 1. The van der Waals surface area contributed by atoms with Gasteiger partial charge in [-0.3, -0.25) is 4.99 Å². The van der Waals surface area contributed by atoms with Crippen molar-refractivity contribution in [1.82, 2.24) is 10.2 Å². The predicted molar refractivity (Wildman–Crippen MR) is 98.3 cm³/mol. The number of nitrogens with one attached hydrogen (secondary N) is 1. The summed E-state index contributed by atoms with van der Waals surface area (Å²) in [6.45, 7) is 7.60. The first kappa shape index (κ1) is 18.7. The molecule has 5 nitrogen and oxygen atoms in total. The molecule has 0 saturated heterocycles. The molecule has 0 bridgehead atoms. The number of benzene rings is 1. The van der Waals surface area contributed by atoms with Crippen LogP contribution in [0.3, 0.4) is 0 Å². The molecule has 1 fully saturated rings. The summed E-state index contributed by atoms with van der Waals surface area (Å²) in [6, 6.07) is 7.93. The monoisotopic (exact) mass is 333 g/mol. The van der Waals surface area contributed by atoms with Crippen LogP contribution in [0, 0.1) is 12.8 Å². The number of aliphatic imine (C=N–C) groups is 1. The van der Waals surface area contributed by atoms with Gasteiger partial charge < -0.3 is 20.1 Å². The van der Waals surface area contributed by atoms with Gasteiger partial charge in [-0.1, -0.05) is 29.8 Å². The Bertz CT molecular complexity index is 529. The standard InChI is InChI=1S/C19H31N3O2/c1-4-20-19(22(3)10-11-24-14-16-8-9-16)21-13-18(23)17-7-5-6-15(2)12-17/h5-7,12,16,18,23H,4,8-11,13-14H2,1-3H3,(H,20,21). The van der Waals surface area contributed by atoms with Crippen LogP contribution in [0.1, 0.15) is 37.0 Å². The van der Waals surface area contributed by atoms with Crippen molar-refractivity contribution in [2.24, 2.45) is 10.9 Å². The Morgan fingerprint density at radius 2 is 2.25 bits per heavy atom. The van der Waals surface area contributed by atoms with Crippen molar-refractivity contribution in [3.8, 4) is 0 Å². The molecule has 5 heteroatoms. The van der Waals surface area contributed by atoms with Crippen LogP contribution in [0.15, 0.2) is 29.3 Å². The predicted octanol–water partition coefficient (Wildman–Crippen LogP) is 2.35. The molecule has 0 amide bonds. The van der Waals surface area contributed by atoms with Gasteiger partial charge in [0.15, 0.2) is 5.96 Å². The molecule has 1 aliphatic rings. The summed E-state index contributed by atoms with van der Waals surface area (Å²) in [5, 5.41) is 13.6. The highest BCUT2D eigenvalue weighted by atomic mass is 16.5. The summed E-state index contributed by atoms with van der Waals surface area (Å²) in [7, 11) is 2.00. The van der Waals surface area contributed by atoms with E-state index < -0.39 is 6.10 Å². The van der Waals surface area contributed by atoms with Gasteiger partial charge in [-0.15, -0.1) is 0 Å². The molecular weight excluding hydrogens is 302 g/mol. The zero-order valence-electron chi connectivity index (χ0n) is 15.2. The van der Waals surface area contributed by atoms with Crippen LogP contribution in [-0.4, -0.2) is 55.9 Å². The van der Waals surface area contributed by atoms with E-state index in [0.717, 1.165) is 42.7 Å². The molecule has 1 saturated carbocycles. The largest absolute Gasteiger partial charge is 0.386 e. The summed E-state index contributed by atoms with van der Waals surface area (Å²) in [5.41, 5.74) is 2.05. The zero-order chi connectivity index (χ0) is 17.4. The number of guanidine groups is 1. The first-order chi connectivity index (χ1) is 11.6. The first-order valence-corrected chi connectivity index (χ1v) is 8.92. The molecule has 0 aromatic heterocycles. The van der Waals surface area contributed by atoms with E-state index in [1.54, 1.807) is 0 Å². The quantitative estimate of drug-likeness (QED) is 0.414. The molecule has 2 N–H and O–H groups in total. The fraction of sp³-hybridized carbons (Fsp3) is 0.632. The Hall–Kier alpha value is -1.59. The number of likely N-dealkylation sites (N-methyl/N-ethyl adjacent to an activating group) is 1. The topological polar surface area (TPSA) is 57.1 Å². The molecule has 1 aromatic rings. The molecule has 134 valence electrons. The number of rotatable bonds is 9. The summed E-state index contributed by atoms with van der Waals surface area (Å²) in [4.78, 5) is 6.63. The molecule has 0 radical (unpaired) electrons. The van der Waals surface area contributed by atoms with Crippen molar-refractivity contribution >= 4 is 5.96 Å². The van der Waals surface area contributed by atoms with Crippen molar-refractivity contribution in [2.75, 3.05) is 39.9 Å². The normalized spacial score (nSPS) is 16.1. The lowest BCUT2D eigenvalue weighted by molar-refractivity contribution is 0.115. The van der Waals surface area contributed by atoms with Gasteiger partial charge in [0.2, 0.25) is 0 Å². The summed E-state index contributed by atoms with van der Waals surface area (Å²) >= 11 is 0. The summed E-state index contributed by atoms with van der Waals surface area (Å²) < 4.78 is 5.69. The molecule has 24 heavy (non-hydrogen) atoms. The van der Waals surface area contributed by atoms with E-state index in [0.29, 0.717) is 13.2 Å². The third-order valence-electron chi connectivity index (χ3n) is 4.16. The molecule has 1 unspecified atom stereocenters. The van der Waals surface area contributed by atoms with Crippen molar-refractivity contribution in [3.05, 3.63) is 35.4 Å². The Balaban J connectivity index is 1.83. The van der Waals surface area contributed by atoms with Crippen molar-refractivity contribution in [2.45, 2.75) is 32.8 Å². The van der Waals surface area contributed by atoms with Crippen molar-refractivity contribution in [3.63, 3.8) is 0 Å². The molecule has 0 heterocycles. The lowest BCUT2D eigenvalue weighted by atomic mass is 10.1. The van der Waals surface area contributed by atoms with E-state index >= 15 is 0 Å². The minimum Gasteiger partial charge on any atom is -0.386 e. The molecular formula is C19H31N3O2. The Labute approximate surface area is 145 Å². The third-order valence-corrected chi connectivity index (χ3v) is 4.16. The minimum absolute atomic E-state index is 0.346. The van der Waals surface area contributed by atoms with E-state index in [-0.39, 0.29) is 0 Å². The Morgan fingerprint density at radius 3 is 2.92 bits per heavy atom. The minimum atomic E-state index is -0.585. The second-order valence-electron chi connectivity index (χ2n) is 6.56. The van der Waals surface area contributed by atoms with Gasteiger partial charge in [0.05, 0.1) is 19.3 Å². The van der Waals surface area contributed by atoms with E-state index in [2.05, 4.69) is 15.2 Å². The van der Waals surface area contributed by atoms with E-state index in [9.17, 15) is 5.11 Å². The van der Waals surface area contributed by atoms with Crippen LogP contribution < -0.4 is 5.32 Å². The van der Waals surface area contributed by atoms with Gasteiger partial charge in [-0.2, -0.15) is 0 Å². The molecule has 2 rings (SSSR count). The smallest absolute Gasteiger partial charge is 0.193 e. The molecule has 1 atom stereocenters. The number of nitrogens with zero attached hydrogens (tertiary/aromatic N) is 2. The van der Waals surface area contributed by atoms with Crippen LogP contribution in [0.5, 0.6) is 0 Å². The number of hydrogen-bond donors (Lipinski definition) is 2. The van der Waals surface area contributed by atoms with E-state index in [4.69, 9.17) is 4.74 Å². The third kappa shape index (κ3) is 6.49. The zero-order valence-corrected chi connectivity index (χ0v) is 15.2. The molecule has 1 aromatic carbocycles. The average molecular weight is 333 g/mol. The lowest BCUT2D eigenvalue weighted by Gasteiger charge is -2.22. The van der Waals surface area contributed by atoms with Crippen molar-refractivity contribution in [1.29, 1.82) is 0 Å². The van der Waals surface area contributed by atoms with E-state index in [1.165, 1.54) is 12.8 Å². The van der Waals surface area contributed by atoms with Gasteiger partial charge in [0.1, 0.15) is 0 Å². The molecule has 0 spiro atoms. The van der Waals surface area contributed by atoms with Crippen LogP contribution in [0.2, 0.25) is 0 Å². The number of aliphatic hydroxyl groups is 1. The Morgan fingerprint density at radius 1 is 1.46 bits per heavy atom. The Kier molecular flexibility index (Phi) is 7.53. The number of hydrogen-bond acceptors (Lipinski definition) is 3. The van der Waals surface area contributed by atoms with Crippen molar-refractivity contribution < 1.29 is 9.84 Å². The van der Waals surface area contributed by atoms with Gasteiger partial charge in [0, 0.05) is 26.7 Å². The lowest BCUT2D eigenvalue weighted by Crippen LogP contribution is -2.40. The van der Waals surface area contributed by atoms with Gasteiger partial charge in [0.25, 0.3) is 0 Å². The second-order valence-corrected chi connectivity index (χ2v) is 6.56. The maximum Gasteiger partial charge on any atom is 0.193 e. The van der Waals surface area contributed by atoms with Crippen LogP contribution in [0.4, 0.5) is 0 Å². The maximum absolute atomic E-state index is 10.3. The van der Waals surface area contributed by atoms with Gasteiger partial charge in [-0.25, -0.2) is 0 Å². The maximum atomic E-state index is 10.3. The molecule has 1 aliphatic carbocycles. The fourth-order valence-electron chi connectivity index (χ4n) is 2.47. The summed E-state index contributed by atoms with van der Waals surface area (Å²) in [6.07, 6.45) is 2.05. The highest BCUT2D eigenvalue weighted by molar-refractivity contribution is 5.79. The van der Waals surface area contributed by atoms with Gasteiger partial charge in [-0.05, 0) is 38.2 Å². The molecule has 0 aliphatic heterocycles. The van der Waals surface area contributed by atoms with Gasteiger partial charge >= 0.3 is 0 Å². The SMILES string of the molecule is CCNC(=NCC(O)c1cccc(C)c1)N(C)CCOCC1CC1. The fourth-order valence-corrected chi connectivity index (χ4v) is 2.47. The van der Waals surface area contributed by atoms with Crippen LogP contribution >= 0.6 is 0 Å². The average Bonchev–Trinajstić information content (AvgIpc) is 3.39. The number of aryl methyl sites for hydroxylation is 1. The summed E-state index contributed by atoms with van der Waals surface area (Å²) in [5.74, 6) is 1.60. The first-order valence-electron chi connectivity index (χ1n) is 8.92.